The second-order valence-corrected chi connectivity index (χ2v) is 7.25. The van der Waals surface area contributed by atoms with Gasteiger partial charge in [-0.3, -0.25) is 9.59 Å². The van der Waals surface area contributed by atoms with Gasteiger partial charge in [0.2, 0.25) is 5.91 Å². The molecule has 0 saturated carbocycles. The van der Waals surface area contributed by atoms with Crippen molar-refractivity contribution in [2.75, 3.05) is 19.6 Å². The molecule has 0 radical (unpaired) electrons. The molecule has 4 rings (SSSR count). The SMILES string of the molecule is O=C(NCCC(=O)N1C2CCNCC1CC2)c1ccc2ccccc2c1. The second kappa shape index (κ2) is 7.46. The smallest absolute Gasteiger partial charge is 0.251 e. The molecule has 2 saturated heterocycles. The van der Waals surface area contributed by atoms with Crippen LogP contribution >= 0.6 is 0 Å². The van der Waals surface area contributed by atoms with Gasteiger partial charge in [0.15, 0.2) is 0 Å². The molecular formula is C21H25N3O2. The average Bonchev–Trinajstić information content (AvgIpc) is 2.93. The molecule has 5 heteroatoms. The van der Waals surface area contributed by atoms with Crippen molar-refractivity contribution in [3.05, 3.63) is 48.0 Å². The van der Waals surface area contributed by atoms with E-state index in [1.165, 1.54) is 0 Å². The molecule has 2 aliphatic heterocycles. The van der Waals surface area contributed by atoms with Gasteiger partial charge in [-0.15, -0.1) is 0 Å². The number of benzene rings is 2. The molecule has 2 N–H and O–H groups in total. The van der Waals surface area contributed by atoms with Gasteiger partial charge in [-0.1, -0.05) is 30.3 Å². The van der Waals surface area contributed by atoms with Crippen LogP contribution in [0.25, 0.3) is 10.8 Å². The fourth-order valence-electron chi connectivity index (χ4n) is 4.23. The molecule has 2 aliphatic rings. The Balaban J connectivity index is 1.33. The summed E-state index contributed by atoms with van der Waals surface area (Å²) in [4.78, 5) is 27.1. The maximum atomic E-state index is 12.7. The van der Waals surface area contributed by atoms with Gasteiger partial charge >= 0.3 is 0 Å². The van der Waals surface area contributed by atoms with Crippen LogP contribution in [-0.2, 0) is 4.79 Å². The van der Waals surface area contributed by atoms with E-state index in [1.54, 1.807) is 0 Å². The number of nitrogens with one attached hydrogen (secondary N) is 2. The lowest BCUT2D eigenvalue weighted by Gasteiger charge is -2.28. The van der Waals surface area contributed by atoms with E-state index in [1.807, 2.05) is 42.5 Å². The molecule has 0 aliphatic carbocycles. The zero-order valence-corrected chi connectivity index (χ0v) is 14.9. The van der Waals surface area contributed by atoms with Gasteiger partial charge in [-0.2, -0.15) is 0 Å². The quantitative estimate of drug-likeness (QED) is 0.889. The number of carbonyl (C=O) groups is 2. The molecule has 0 spiro atoms. The van der Waals surface area contributed by atoms with E-state index >= 15 is 0 Å². The summed E-state index contributed by atoms with van der Waals surface area (Å²) in [6.45, 7) is 2.27. The third-order valence-electron chi connectivity index (χ3n) is 5.58. The largest absolute Gasteiger partial charge is 0.352 e. The van der Waals surface area contributed by atoms with Crippen LogP contribution in [0, 0.1) is 0 Å². The molecule has 2 aromatic rings. The molecule has 2 bridgehead atoms. The minimum Gasteiger partial charge on any atom is -0.352 e. The highest BCUT2D eigenvalue weighted by Gasteiger charge is 2.37. The molecule has 5 nitrogen and oxygen atoms in total. The Morgan fingerprint density at radius 3 is 2.73 bits per heavy atom. The zero-order chi connectivity index (χ0) is 17.9. The molecule has 2 fully saturated rings. The minimum absolute atomic E-state index is 0.121. The van der Waals surface area contributed by atoms with Gasteiger partial charge < -0.3 is 15.5 Å². The maximum Gasteiger partial charge on any atom is 0.251 e. The predicted octanol–water partition coefficient (Wildman–Crippen LogP) is 2.31. The molecule has 2 atom stereocenters. The van der Waals surface area contributed by atoms with E-state index in [9.17, 15) is 9.59 Å². The molecule has 2 amide bonds. The summed E-state index contributed by atoms with van der Waals surface area (Å²) in [5, 5.41) is 8.47. The summed E-state index contributed by atoms with van der Waals surface area (Å²) < 4.78 is 0. The maximum absolute atomic E-state index is 12.7. The van der Waals surface area contributed by atoms with Crippen LogP contribution in [0.5, 0.6) is 0 Å². The van der Waals surface area contributed by atoms with Crippen LogP contribution in [0.3, 0.4) is 0 Å². The number of fused-ring (bicyclic) bond motifs is 3. The molecule has 0 aromatic heterocycles. The fraction of sp³-hybridized carbons (Fsp3) is 0.429. The van der Waals surface area contributed by atoms with Gasteiger partial charge in [0, 0.05) is 37.2 Å². The highest BCUT2D eigenvalue weighted by atomic mass is 16.2. The van der Waals surface area contributed by atoms with E-state index in [0.717, 1.165) is 43.1 Å². The Morgan fingerprint density at radius 1 is 1.04 bits per heavy atom. The predicted molar refractivity (Wildman–Crippen MR) is 102 cm³/mol. The number of carbonyl (C=O) groups excluding carboxylic acids is 2. The molecule has 2 heterocycles. The standard InChI is InChI=1S/C21H25N3O2/c25-20(24-18-7-8-19(24)14-22-11-9-18)10-12-23-21(26)17-6-5-15-3-1-2-4-16(15)13-17/h1-6,13,18-19,22H,7-12,14H2,(H,23,26). The molecule has 26 heavy (non-hydrogen) atoms. The summed E-state index contributed by atoms with van der Waals surface area (Å²) in [6, 6.07) is 14.4. The Morgan fingerprint density at radius 2 is 1.85 bits per heavy atom. The monoisotopic (exact) mass is 351 g/mol. The lowest BCUT2D eigenvalue weighted by Crippen LogP contribution is -2.43. The Bertz CT molecular complexity index is 806. The van der Waals surface area contributed by atoms with E-state index in [0.29, 0.717) is 30.6 Å². The zero-order valence-electron chi connectivity index (χ0n) is 14.9. The lowest BCUT2D eigenvalue weighted by molar-refractivity contribution is -0.133. The minimum atomic E-state index is -0.121. The van der Waals surface area contributed by atoms with Crippen molar-refractivity contribution in [3.63, 3.8) is 0 Å². The van der Waals surface area contributed by atoms with Crippen molar-refractivity contribution in [3.8, 4) is 0 Å². The van der Waals surface area contributed by atoms with Gasteiger partial charge in [0.05, 0.1) is 0 Å². The van der Waals surface area contributed by atoms with Crippen molar-refractivity contribution in [1.82, 2.24) is 15.5 Å². The van der Waals surface area contributed by atoms with E-state index in [-0.39, 0.29) is 11.8 Å². The summed E-state index contributed by atoms with van der Waals surface area (Å²) in [6.07, 6.45) is 3.60. The van der Waals surface area contributed by atoms with Gasteiger partial charge in [0.25, 0.3) is 5.91 Å². The normalized spacial score (nSPS) is 22.2. The van der Waals surface area contributed by atoms with E-state index in [2.05, 4.69) is 15.5 Å². The van der Waals surface area contributed by atoms with Crippen LogP contribution in [0.15, 0.2) is 42.5 Å². The number of amides is 2. The van der Waals surface area contributed by atoms with Crippen LogP contribution in [0.4, 0.5) is 0 Å². The van der Waals surface area contributed by atoms with Crippen molar-refractivity contribution < 1.29 is 9.59 Å². The molecule has 2 unspecified atom stereocenters. The topological polar surface area (TPSA) is 61.4 Å². The molecule has 2 aromatic carbocycles. The summed E-state index contributed by atoms with van der Waals surface area (Å²) in [5.41, 5.74) is 0.634. The first-order chi connectivity index (χ1) is 12.7. The van der Waals surface area contributed by atoms with Crippen LogP contribution in [0.1, 0.15) is 36.0 Å². The summed E-state index contributed by atoms with van der Waals surface area (Å²) in [5.74, 6) is 0.0454. The third-order valence-corrected chi connectivity index (χ3v) is 5.58. The van der Waals surface area contributed by atoms with E-state index in [4.69, 9.17) is 0 Å². The van der Waals surface area contributed by atoms with Gasteiger partial charge in [0.1, 0.15) is 0 Å². The Labute approximate surface area is 153 Å². The van der Waals surface area contributed by atoms with Gasteiger partial charge in [-0.25, -0.2) is 0 Å². The van der Waals surface area contributed by atoms with Crippen molar-refractivity contribution in [1.29, 1.82) is 0 Å². The highest BCUT2D eigenvalue weighted by Crippen LogP contribution is 2.28. The third kappa shape index (κ3) is 3.44. The fourth-order valence-corrected chi connectivity index (χ4v) is 4.23. The van der Waals surface area contributed by atoms with Gasteiger partial charge in [-0.05, 0) is 48.7 Å². The van der Waals surface area contributed by atoms with Crippen molar-refractivity contribution in [2.45, 2.75) is 37.8 Å². The highest BCUT2D eigenvalue weighted by molar-refractivity contribution is 5.98. The van der Waals surface area contributed by atoms with E-state index < -0.39 is 0 Å². The Kier molecular flexibility index (Phi) is 4.89. The number of hydrogen-bond donors (Lipinski definition) is 2. The van der Waals surface area contributed by atoms with Crippen molar-refractivity contribution >= 4 is 22.6 Å². The molecular weight excluding hydrogens is 326 g/mol. The molecule has 136 valence electrons. The first-order valence-electron chi connectivity index (χ1n) is 9.51. The summed E-state index contributed by atoms with van der Waals surface area (Å²) >= 11 is 0. The first-order valence-corrected chi connectivity index (χ1v) is 9.51. The first kappa shape index (κ1) is 17.0. The Hall–Kier alpha value is -2.40. The number of rotatable bonds is 4. The number of hydrogen-bond acceptors (Lipinski definition) is 3. The van der Waals surface area contributed by atoms with Crippen LogP contribution in [0.2, 0.25) is 0 Å². The lowest BCUT2D eigenvalue weighted by atomic mass is 10.1. The average molecular weight is 351 g/mol. The second-order valence-electron chi connectivity index (χ2n) is 7.25. The number of nitrogens with zero attached hydrogens (tertiary/aromatic N) is 1. The van der Waals surface area contributed by atoms with Crippen LogP contribution < -0.4 is 10.6 Å². The van der Waals surface area contributed by atoms with Crippen molar-refractivity contribution in [2.24, 2.45) is 0 Å². The summed E-state index contributed by atoms with van der Waals surface area (Å²) in [7, 11) is 0. The van der Waals surface area contributed by atoms with Crippen LogP contribution in [-0.4, -0.2) is 48.4 Å².